The number of hydrogen-bond acceptors (Lipinski definition) is 4. The average Bonchev–Trinajstić information content (AvgIpc) is 2.71. The van der Waals surface area contributed by atoms with E-state index < -0.39 is 0 Å². The number of thioether (sulfide) groups is 1. The molecule has 2 rings (SSSR count). The van der Waals surface area contributed by atoms with Gasteiger partial charge in [-0.25, -0.2) is 4.98 Å². The van der Waals surface area contributed by atoms with E-state index in [1.54, 1.807) is 6.20 Å². The quantitative estimate of drug-likeness (QED) is 0.863. The van der Waals surface area contributed by atoms with Crippen molar-refractivity contribution in [3.05, 3.63) is 16.0 Å². The standard InChI is InChI=1S/C10H13BrClN3S/c1-16-8-4-2-3-7(8)14-9-6(11)5-13-10(12)15-9/h5,7-8H,2-4H2,1H3,(H,13,14,15). The van der Waals surface area contributed by atoms with Gasteiger partial charge in [-0.1, -0.05) is 6.42 Å². The fraction of sp³-hybridized carbons (Fsp3) is 0.600. The molecule has 1 fully saturated rings. The average molecular weight is 323 g/mol. The predicted molar refractivity (Wildman–Crippen MR) is 73.3 cm³/mol. The van der Waals surface area contributed by atoms with Gasteiger partial charge in [0.05, 0.1) is 4.47 Å². The van der Waals surface area contributed by atoms with E-state index in [4.69, 9.17) is 11.6 Å². The molecular weight excluding hydrogens is 310 g/mol. The van der Waals surface area contributed by atoms with Gasteiger partial charge in [0.2, 0.25) is 5.28 Å². The highest BCUT2D eigenvalue weighted by Crippen LogP contribution is 2.32. The molecule has 0 radical (unpaired) electrons. The molecule has 2 unspecified atom stereocenters. The van der Waals surface area contributed by atoms with Crippen molar-refractivity contribution in [1.82, 2.24) is 9.97 Å². The zero-order valence-electron chi connectivity index (χ0n) is 8.91. The molecule has 2 atom stereocenters. The number of aromatic nitrogens is 2. The summed E-state index contributed by atoms with van der Waals surface area (Å²) >= 11 is 11.1. The van der Waals surface area contributed by atoms with Gasteiger partial charge in [0, 0.05) is 17.5 Å². The molecule has 0 saturated heterocycles. The molecule has 0 bridgehead atoms. The summed E-state index contributed by atoms with van der Waals surface area (Å²) in [7, 11) is 0. The first-order valence-corrected chi connectivity index (χ1v) is 7.64. The lowest BCUT2D eigenvalue weighted by atomic mass is 10.2. The largest absolute Gasteiger partial charge is 0.365 e. The molecule has 0 aliphatic heterocycles. The van der Waals surface area contributed by atoms with Crippen LogP contribution in [0.5, 0.6) is 0 Å². The minimum absolute atomic E-state index is 0.282. The zero-order chi connectivity index (χ0) is 11.5. The van der Waals surface area contributed by atoms with Crippen molar-refractivity contribution < 1.29 is 0 Å². The minimum Gasteiger partial charge on any atom is -0.365 e. The zero-order valence-corrected chi connectivity index (χ0v) is 12.1. The maximum Gasteiger partial charge on any atom is 0.224 e. The summed E-state index contributed by atoms with van der Waals surface area (Å²) in [5.41, 5.74) is 0. The molecule has 0 spiro atoms. The molecule has 1 aliphatic carbocycles. The Kier molecular flexibility index (Phi) is 4.33. The summed E-state index contributed by atoms with van der Waals surface area (Å²) in [6.45, 7) is 0. The van der Waals surface area contributed by atoms with Crippen molar-refractivity contribution in [2.24, 2.45) is 0 Å². The topological polar surface area (TPSA) is 37.8 Å². The number of nitrogens with one attached hydrogen (secondary N) is 1. The van der Waals surface area contributed by atoms with E-state index in [1.807, 2.05) is 11.8 Å². The Balaban J connectivity index is 2.11. The van der Waals surface area contributed by atoms with Crippen molar-refractivity contribution in [2.75, 3.05) is 11.6 Å². The van der Waals surface area contributed by atoms with Gasteiger partial charge in [-0.05, 0) is 46.6 Å². The van der Waals surface area contributed by atoms with Gasteiger partial charge in [-0.2, -0.15) is 16.7 Å². The Morgan fingerprint density at radius 1 is 1.56 bits per heavy atom. The summed E-state index contributed by atoms with van der Waals surface area (Å²) in [5, 5.41) is 4.40. The van der Waals surface area contributed by atoms with Crippen molar-refractivity contribution >= 4 is 45.1 Å². The van der Waals surface area contributed by atoms with Crippen molar-refractivity contribution in [3.8, 4) is 0 Å². The first-order chi connectivity index (χ1) is 7.70. The van der Waals surface area contributed by atoms with E-state index in [1.165, 1.54) is 19.3 Å². The monoisotopic (exact) mass is 321 g/mol. The van der Waals surface area contributed by atoms with Crippen LogP contribution < -0.4 is 5.32 Å². The summed E-state index contributed by atoms with van der Waals surface area (Å²) in [6.07, 6.45) is 7.59. The molecule has 1 aliphatic rings. The van der Waals surface area contributed by atoms with Gasteiger partial charge in [0.15, 0.2) is 0 Å². The van der Waals surface area contributed by atoms with Gasteiger partial charge in [-0.3, -0.25) is 0 Å². The highest BCUT2D eigenvalue weighted by atomic mass is 79.9. The van der Waals surface area contributed by atoms with Crippen LogP contribution in [0.2, 0.25) is 5.28 Å². The smallest absolute Gasteiger partial charge is 0.224 e. The molecule has 0 amide bonds. The van der Waals surface area contributed by atoms with Gasteiger partial charge < -0.3 is 5.32 Å². The van der Waals surface area contributed by atoms with E-state index >= 15 is 0 Å². The molecule has 6 heteroatoms. The summed E-state index contributed by atoms with van der Waals surface area (Å²) in [4.78, 5) is 8.11. The Morgan fingerprint density at radius 2 is 2.38 bits per heavy atom. The molecule has 16 heavy (non-hydrogen) atoms. The maximum atomic E-state index is 5.78. The van der Waals surface area contributed by atoms with Crippen LogP contribution in [0.25, 0.3) is 0 Å². The fourth-order valence-electron chi connectivity index (χ4n) is 2.00. The van der Waals surface area contributed by atoms with Gasteiger partial charge >= 0.3 is 0 Å². The highest BCUT2D eigenvalue weighted by molar-refractivity contribution is 9.10. The minimum atomic E-state index is 0.282. The Labute approximate surface area is 113 Å². The van der Waals surface area contributed by atoms with Crippen molar-refractivity contribution in [3.63, 3.8) is 0 Å². The first kappa shape index (κ1) is 12.5. The third kappa shape index (κ3) is 2.81. The van der Waals surface area contributed by atoms with Crippen LogP contribution in [0.15, 0.2) is 10.7 Å². The number of halogens is 2. The molecule has 1 N–H and O–H groups in total. The normalized spacial score (nSPS) is 24.7. The van der Waals surface area contributed by atoms with E-state index in [-0.39, 0.29) is 5.28 Å². The second kappa shape index (κ2) is 5.56. The number of hydrogen-bond donors (Lipinski definition) is 1. The third-order valence-electron chi connectivity index (χ3n) is 2.79. The first-order valence-electron chi connectivity index (χ1n) is 5.18. The van der Waals surface area contributed by atoms with E-state index in [2.05, 4.69) is 37.5 Å². The lowest BCUT2D eigenvalue weighted by Crippen LogP contribution is -2.26. The molecule has 0 aromatic carbocycles. The van der Waals surface area contributed by atoms with Crippen LogP contribution in [0.3, 0.4) is 0 Å². The number of rotatable bonds is 3. The van der Waals surface area contributed by atoms with Crippen LogP contribution in [-0.4, -0.2) is 27.5 Å². The molecular formula is C10H13BrClN3S. The van der Waals surface area contributed by atoms with E-state index in [0.717, 1.165) is 10.3 Å². The predicted octanol–water partition coefficient (Wildman–Crippen LogP) is 3.59. The SMILES string of the molecule is CSC1CCCC1Nc1nc(Cl)ncc1Br. The van der Waals surface area contributed by atoms with Gasteiger partial charge in [0.1, 0.15) is 5.82 Å². The van der Waals surface area contributed by atoms with Gasteiger partial charge in [0.25, 0.3) is 0 Å². The molecule has 1 aromatic rings. The van der Waals surface area contributed by atoms with Crippen molar-refractivity contribution in [2.45, 2.75) is 30.6 Å². The van der Waals surface area contributed by atoms with E-state index in [9.17, 15) is 0 Å². The van der Waals surface area contributed by atoms with Crippen LogP contribution in [0.1, 0.15) is 19.3 Å². The summed E-state index contributed by atoms with van der Waals surface area (Å²) in [5.74, 6) is 0.797. The molecule has 88 valence electrons. The van der Waals surface area contributed by atoms with Crippen LogP contribution >= 0.6 is 39.3 Å². The van der Waals surface area contributed by atoms with Gasteiger partial charge in [-0.15, -0.1) is 0 Å². The molecule has 1 heterocycles. The molecule has 1 saturated carbocycles. The summed E-state index contributed by atoms with van der Waals surface area (Å²) in [6, 6.07) is 0.484. The maximum absolute atomic E-state index is 5.78. The lowest BCUT2D eigenvalue weighted by Gasteiger charge is -2.20. The molecule has 1 aromatic heterocycles. The Hall–Kier alpha value is -0.000000000000000111. The lowest BCUT2D eigenvalue weighted by molar-refractivity contribution is 0.761. The second-order valence-electron chi connectivity index (χ2n) is 3.79. The number of nitrogens with zero attached hydrogens (tertiary/aromatic N) is 2. The Morgan fingerprint density at radius 3 is 3.12 bits per heavy atom. The third-order valence-corrected chi connectivity index (χ3v) is 4.72. The Bertz CT molecular complexity index is 377. The summed E-state index contributed by atoms with van der Waals surface area (Å²) < 4.78 is 0.864. The van der Waals surface area contributed by atoms with E-state index in [0.29, 0.717) is 11.3 Å². The molecule has 3 nitrogen and oxygen atoms in total. The van der Waals surface area contributed by atoms with Crippen molar-refractivity contribution in [1.29, 1.82) is 0 Å². The van der Waals surface area contributed by atoms with Crippen LogP contribution in [0.4, 0.5) is 5.82 Å². The van der Waals surface area contributed by atoms with Crippen LogP contribution in [-0.2, 0) is 0 Å². The second-order valence-corrected chi connectivity index (χ2v) is 6.06. The number of anilines is 1. The highest BCUT2D eigenvalue weighted by Gasteiger charge is 2.27. The van der Waals surface area contributed by atoms with Crippen LogP contribution in [0, 0.1) is 0 Å². The fourth-order valence-corrected chi connectivity index (χ4v) is 3.37.